The molecule has 0 bridgehead atoms. The molecule has 1 aliphatic rings. The maximum atomic E-state index is 11.0. The predicted molar refractivity (Wildman–Crippen MR) is 75.4 cm³/mol. The van der Waals surface area contributed by atoms with Gasteiger partial charge in [0.2, 0.25) is 0 Å². The monoisotopic (exact) mass is 272 g/mol. The average molecular weight is 272 g/mol. The van der Waals surface area contributed by atoms with Crippen LogP contribution in [0.15, 0.2) is 0 Å². The van der Waals surface area contributed by atoms with Crippen LogP contribution in [0, 0.1) is 0 Å². The first-order valence-electron chi connectivity index (χ1n) is 7.39. The van der Waals surface area contributed by atoms with Crippen LogP contribution in [0.4, 0.5) is 0 Å². The standard InChI is InChI=1S/C14H28N2O3/c1-4-12(3)16-10-8-15(9-11-16)7-6-13(14(17)18)19-5-2/h12-13H,4-11H2,1-3H3,(H,17,18). The van der Waals surface area contributed by atoms with Crippen molar-refractivity contribution in [3.05, 3.63) is 0 Å². The lowest BCUT2D eigenvalue weighted by atomic mass is 10.1. The van der Waals surface area contributed by atoms with Gasteiger partial charge in [-0.3, -0.25) is 4.90 Å². The fourth-order valence-corrected chi connectivity index (χ4v) is 2.47. The molecule has 112 valence electrons. The van der Waals surface area contributed by atoms with Crippen LogP contribution < -0.4 is 0 Å². The Labute approximate surface area is 116 Å². The molecule has 0 amide bonds. The number of piperazine rings is 1. The van der Waals surface area contributed by atoms with E-state index in [1.807, 2.05) is 6.92 Å². The summed E-state index contributed by atoms with van der Waals surface area (Å²) in [6.45, 7) is 11.8. The molecule has 0 aromatic heterocycles. The fraction of sp³-hybridized carbons (Fsp3) is 0.929. The summed E-state index contributed by atoms with van der Waals surface area (Å²) in [5.41, 5.74) is 0. The van der Waals surface area contributed by atoms with Crippen LogP contribution >= 0.6 is 0 Å². The topological polar surface area (TPSA) is 53.0 Å². The molecule has 0 spiro atoms. The third-order valence-electron chi connectivity index (χ3n) is 3.97. The van der Waals surface area contributed by atoms with Crippen LogP contribution in [-0.4, -0.2) is 72.4 Å². The smallest absolute Gasteiger partial charge is 0.332 e. The van der Waals surface area contributed by atoms with Crippen LogP contribution in [0.1, 0.15) is 33.6 Å². The molecule has 1 aliphatic heterocycles. The zero-order valence-electron chi connectivity index (χ0n) is 12.5. The van der Waals surface area contributed by atoms with E-state index in [2.05, 4.69) is 23.6 Å². The highest BCUT2D eigenvalue weighted by Gasteiger charge is 2.22. The summed E-state index contributed by atoms with van der Waals surface area (Å²) in [6.07, 6.45) is 1.11. The molecule has 2 unspecified atom stereocenters. The van der Waals surface area contributed by atoms with Gasteiger partial charge in [0.25, 0.3) is 0 Å². The van der Waals surface area contributed by atoms with Gasteiger partial charge in [0.05, 0.1) is 0 Å². The van der Waals surface area contributed by atoms with E-state index in [0.29, 0.717) is 19.1 Å². The summed E-state index contributed by atoms with van der Waals surface area (Å²) >= 11 is 0. The first kappa shape index (κ1) is 16.4. The average Bonchev–Trinajstić information content (AvgIpc) is 2.42. The second-order valence-corrected chi connectivity index (χ2v) is 5.21. The number of carboxylic acid groups (broad SMARTS) is 1. The van der Waals surface area contributed by atoms with Gasteiger partial charge in [-0.05, 0) is 26.7 Å². The van der Waals surface area contributed by atoms with Crippen molar-refractivity contribution in [2.24, 2.45) is 0 Å². The molecule has 0 saturated carbocycles. The highest BCUT2D eigenvalue weighted by atomic mass is 16.5. The summed E-state index contributed by atoms with van der Waals surface area (Å²) in [5.74, 6) is -0.847. The lowest BCUT2D eigenvalue weighted by Gasteiger charge is -2.38. The van der Waals surface area contributed by atoms with Crippen molar-refractivity contribution >= 4 is 5.97 Å². The molecular weight excluding hydrogens is 244 g/mol. The van der Waals surface area contributed by atoms with E-state index in [9.17, 15) is 4.79 Å². The molecule has 0 aromatic carbocycles. The van der Waals surface area contributed by atoms with Crippen molar-refractivity contribution in [3.63, 3.8) is 0 Å². The predicted octanol–water partition coefficient (Wildman–Crippen LogP) is 1.28. The summed E-state index contributed by atoms with van der Waals surface area (Å²) < 4.78 is 5.23. The highest BCUT2D eigenvalue weighted by molar-refractivity contribution is 5.72. The number of hydrogen-bond donors (Lipinski definition) is 1. The Kier molecular flexibility index (Phi) is 7.34. The third kappa shape index (κ3) is 5.47. The SMILES string of the molecule is CCOC(CCN1CCN(C(C)CC)CC1)C(=O)O. The Balaban J connectivity index is 2.27. The second-order valence-electron chi connectivity index (χ2n) is 5.21. The van der Waals surface area contributed by atoms with E-state index >= 15 is 0 Å². The molecule has 0 radical (unpaired) electrons. The van der Waals surface area contributed by atoms with E-state index in [0.717, 1.165) is 32.7 Å². The molecule has 5 heteroatoms. The molecule has 1 rings (SSSR count). The van der Waals surface area contributed by atoms with Gasteiger partial charge in [-0.25, -0.2) is 4.79 Å². The largest absolute Gasteiger partial charge is 0.479 e. The Morgan fingerprint density at radius 1 is 1.26 bits per heavy atom. The van der Waals surface area contributed by atoms with Crippen molar-refractivity contribution in [2.75, 3.05) is 39.3 Å². The lowest BCUT2D eigenvalue weighted by Crippen LogP contribution is -2.50. The quantitative estimate of drug-likeness (QED) is 0.721. The Morgan fingerprint density at radius 3 is 2.37 bits per heavy atom. The van der Waals surface area contributed by atoms with E-state index in [-0.39, 0.29) is 0 Å². The number of hydrogen-bond acceptors (Lipinski definition) is 4. The summed E-state index contributed by atoms with van der Waals surface area (Å²) in [5, 5.41) is 9.03. The van der Waals surface area contributed by atoms with E-state index in [1.54, 1.807) is 0 Å². The Bertz CT molecular complexity index is 265. The molecule has 1 heterocycles. The third-order valence-corrected chi connectivity index (χ3v) is 3.97. The van der Waals surface area contributed by atoms with Crippen LogP contribution in [-0.2, 0) is 9.53 Å². The maximum Gasteiger partial charge on any atom is 0.332 e. The normalized spacial score (nSPS) is 21.2. The van der Waals surface area contributed by atoms with Gasteiger partial charge in [0, 0.05) is 45.4 Å². The minimum Gasteiger partial charge on any atom is -0.479 e. The summed E-state index contributed by atoms with van der Waals surface area (Å²) in [6, 6.07) is 0.650. The molecule has 2 atom stereocenters. The van der Waals surface area contributed by atoms with Gasteiger partial charge < -0.3 is 14.7 Å². The van der Waals surface area contributed by atoms with Gasteiger partial charge in [0.1, 0.15) is 0 Å². The molecule has 1 fully saturated rings. The number of ether oxygens (including phenoxy) is 1. The fourth-order valence-electron chi connectivity index (χ4n) is 2.47. The molecule has 5 nitrogen and oxygen atoms in total. The molecule has 0 aliphatic carbocycles. The number of aliphatic carboxylic acids is 1. The molecule has 0 aromatic rings. The molecule has 19 heavy (non-hydrogen) atoms. The second kappa shape index (κ2) is 8.51. The molecular formula is C14H28N2O3. The maximum absolute atomic E-state index is 11.0. The van der Waals surface area contributed by atoms with Crippen molar-refractivity contribution in [3.8, 4) is 0 Å². The highest BCUT2D eigenvalue weighted by Crippen LogP contribution is 2.10. The van der Waals surface area contributed by atoms with Gasteiger partial charge in [-0.2, -0.15) is 0 Å². The Hall–Kier alpha value is -0.650. The zero-order chi connectivity index (χ0) is 14.3. The lowest BCUT2D eigenvalue weighted by molar-refractivity contribution is -0.150. The molecule has 1 N–H and O–H groups in total. The Morgan fingerprint density at radius 2 is 1.89 bits per heavy atom. The van der Waals surface area contributed by atoms with Crippen molar-refractivity contribution in [2.45, 2.75) is 45.8 Å². The number of rotatable bonds is 8. The number of carbonyl (C=O) groups is 1. The van der Waals surface area contributed by atoms with Crippen LogP contribution in [0.5, 0.6) is 0 Å². The van der Waals surface area contributed by atoms with E-state index < -0.39 is 12.1 Å². The minimum absolute atomic E-state index is 0.457. The van der Waals surface area contributed by atoms with Gasteiger partial charge in [-0.15, -0.1) is 0 Å². The van der Waals surface area contributed by atoms with Gasteiger partial charge >= 0.3 is 5.97 Å². The van der Waals surface area contributed by atoms with Crippen LogP contribution in [0.3, 0.4) is 0 Å². The zero-order valence-corrected chi connectivity index (χ0v) is 12.5. The van der Waals surface area contributed by atoms with Crippen molar-refractivity contribution in [1.82, 2.24) is 9.80 Å². The van der Waals surface area contributed by atoms with Crippen LogP contribution in [0.25, 0.3) is 0 Å². The van der Waals surface area contributed by atoms with Gasteiger partial charge in [-0.1, -0.05) is 6.92 Å². The van der Waals surface area contributed by atoms with Gasteiger partial charge in [0.15, 0.2) is 6.10 Å². The first-order chi connectivity index (χ1) is 9.08. The molecule has 1 saturated heterocycles. The number of nitrogens with zero attached hydrogens (tertiary/aromatic N) is 2. The number of carboxylic acids is 1. The van der Waals surface area contributed by atoms with Crippen LogP contribution in [0.2, 0.25) is 0 Å². The summed E-state index contributed by atoms with van der Waals surface area (Å²) in [4.78, 5) is 15.8. The van der Waals surface area contributed by atoms with E-state index in [1.165, 1.54) is 6.42 Å². The first-order valence-corrected chi connectivity index (χ1v) is 7.39. The van der Waals surface area contributed by atoms with Crippen molar-refractivity contribution < 1.29 is 14.6 Å². The van der Waals surface area contributed by atoms with Crippen molar-refractivity contribution in [1.29, 1.82) is 0 Å². The summed E-state index contributed by atoms with van der Waals surface area (Å²) in [7, 11) is 0. The minimum atomic E-state index is -0.847. The van der Waals surface area contributed by atoms with E-state index in [4.69, 9.17) is 9.84 Å².